The number of amides is 4. The number of nitrogens with one attached hydrogen (secondary N) is 2. The van der Waals surface area contributed by atoms with Crippen LogP contribution in [0.2, 0.25) is 5.02 Å². The minimum Gasteiger partial charge on any atom is -0.355 e. The molecule has 7 nitrogen and oxygen atoms in total. The third kappa shape index (κ3) is 2.86. The van der Waals surface area contributed by atoms with Crippen molar-refractivity contribution in [1.29, 1.82) is 0 Å². The summed E-state index contributed by atoms with van der Waals surface area (Å²) in [6, 6.07) is 4.73. The molecule has 1 aromatic rings. The van der Waals surface area contributed by atoms with E-state index in [1.54, 1.807) is 26.8 Å². The van der Waals surface area contributed by atoms with E-state index in [1.807, 2.05) is 12.1 Å². The number of urea groups is 1. The number of rotatable bonds is 1. The highest BCUT2D eigenvalue weighted by Gasteiger charge is 2.65. The number of quaternary nitrogens is 1. The van der Waals surface area contributed by atoms with E-state index in [0.717, 1.165) is 30.9 Å². The Hall–Kier alpha value is -2.12. The molecule has 1 spiro atoms. The molecule has 4 amide bonds. The molecular weight excluding hydrogens is 392 g/mol. The number of halogens is 1. The zero-order valence-corrected chi connectivity index (χ0v) is 18.1. The predicted molar refractivity (Wildman–Crippen MR) is 110 cm³/mol. The molecule has 0 radical (unpaired) electrons. The molecule has 3 aliphatic rings. The average Bonchev–Trinajstić information content (AvgIpc) is 2.65. The Morgan fingerprint density at radius 3 is 2.66 bits per heavy atom. The van der Waals surface area contributed by atoms with Gasteiger partial charge in [-0.3, -0.25) is 19.8 Å². The fraction of sp³-hybridized carbons (Fsp3) is 0.571. The number of benzene rings is 1. The van der Waals surface area contributed by atoms with Gasteiger partial charge in [0, 0.05) is 22.7 Å². The summed E-state index contributed by atoms with van der Waals surface area (Å²) in [5.74, 6) is -0.928. The van der Waals surface area contributed by atoms with E-state index in [9.17, 15) is 14.4 Å². The van der Waals surface area contributed by atoms with Crippen LogP contribution in [0, 0.1) is 5.41 Å². The molecular formula is C21H28ClN4O3+. The molecule has 3 aliphatic heterocycles. The quantitative estimate of drug-likeness (QED) is 0.662. The molecule has 29 heavy (non-hydrogen) atoms. The monoisotopic (exact) mass is 419 g/mol. The number of likely N-dealkylation sites (N-methyl/N-ethyl adjacent to an activating group) is 1. The lowest BCUT2D eigenvalue weighted by Gasteiger charge is -2.55. The van der Waals surface area contributed by atoms with Gasteiger partial charge in [0.1, 0.15) is 6.04 Å². The average molecular weight is 420 g/mol. The Kier molecular flexibility index (Phi) is 4.66. The van der Waals surface area contributed by atoms with Crippen LogP contribution in [0.4, 0.5) is 10.5 Å². The number of carbonyl (C=O) groups excluding carboxylic acids is 3. The van der Waals surface area contributed by atoms with Crippen LogP contribution >= 0.6 is 11.6 Å². The van der Waals surface area contributed by atoms with E-state index < -0.39 is 28.8 Å². The zero-order chi connectivity index (χ0) is 21.1. The maximum atomic E-state index is 13.9. The van der Waals surface area contributed by atoms with Gasteiger partial charge < -0.3 is 9.80 Å². The van der Waals surface area contributed by atoms with Crippen LogP contribution in [0.1, 0.15) is 33.3 Å². The standard InChI is InChI=1S/C21H27ClN4O3/c1-5-24-9-10-25-15-8-6-7-14(22)13(15)11-21(16(25)12-24)17(27)23-19(29)26(18(21)28)20(2,3)4/h6-8,16H,5,9-12H2,1-4H3,(H,23,27,29)/p+1/t16-,21+/m0/s1. The van der Waals surface area contributed by atoms with Crippen molar-refractivity contribution in [1.82, 2.24) is 10.2 Å². The molecule has 1 aromatic carbocycles. The number of carbonyl (C=O) groups is 3. The van der Waals surface area contributed by atoms with E-state index in [4.69, 9.17) is 11.6 Å². The van der Waals surface area contributed by atoms with Crippen LogP contribution in [0.15, 0.2) is 18.2 Å². The lowest BCUT2D eigenvalue weighted by molar-refractivity contribution is -0.902. The fourth-order valence-corrected chi connectivity index (χ4v) is 5.31. The number of imide groups is 2. The van der Waals surface area contributed by atoms with Crippen LogP contribution < -0.4 is 15.1 Å². The highest BCUT2D eigenvalue weighted by atomic mass is 35.5. The highest BCUT2D eigenvalue weighted by molar-refractivity contribution is 6.32. The zero-order valence-electron chi connectivity index (χ0n) is 17.3. The third-order valence-corrected chi connectivity index (χ3v) is 6.93. The maximum Gasteiger partial charge on any atom is 0.331 e. The Balaban J connectivity index is 1.92. The van der Waals surface area contributed by atoms with Crippen molar-refractivity contribution in [3.05, 3.63) is 28.8 Å². The van der Waals surface area contributed by atoms with Crippen molar-refractivity contribution < 1.29 is 19.3 Å². The first-order valence-corrected chi connectivity index (χ1v) is 10.6. The van der Waals surface area contributed by atoms with E-state index in [-0.39, 0.29) is 12.5 Å². The minimum absolute atomic E-state index is 0.199. The molecule has 3 heterocycles. The van der Waals surface area contributed by atoms with Gasteiger partial charge in [0.05, 0.1) is 26.2 Å². The second kappa shape index (κ2) is 6.71. The number of anilines is 1. The van der Waals surface area contributed by atoms with Crippen LogP contribution in [-0.4, -0.2) is 60.5 Å². The summed E-state index contributed by atoms with van der Waals surface area (Å²) in [4.78, 5) is 44.6. The van der Waals surface area contributed by atoms with Crippen LogP contribution in [-0.2, 0) is 16.0 Å². The van der Waals surface area contributed by atoms with Gasteiger partial charge in [-0.1, -0.05) is 17.7 Å². The second-order valence-electron chi connectivity index (χ2n) is 9.22. The number of hydrogen-bond donors (Lipinski definition) is 2. The third-order valence-electron chi connectivity index (χ3n) is 6.58. The van der Waals surface area contributed by atoms with E-state index in [0.29, 0.717) is 11.6 Å². The van der Waals surface area contributed by atoms with Crippen LogP contribution in [0.3, 0.4) is 0 Å². The van der Waals surface area contributed by atoms with Crippen molar-refractivity contribution in [2.45, 2.75) is 45.7 Å². The van der Waals surface area contributed by atoms with E-state index >= 15 is 0 Å². The molecule has 3 atom stereocenters. The molecule has 2 fully saturated rings. The molecule has 2 N–H and O–H groups in total. The number of fused-ring (bicyclic) bond motifs is 4. The van der Waals surface area contributed by atoms with Gasteiger partial charge in [0.25, 0.3) is 0 Å². The van der Waals surface area contributed by atoms with Crippen molar-refractivity contribution >= 4 is 35.1 Å². The van der Waals surface area contributed by atoms with Crippen LogP contribution in [0.5, 0.6) is 0 Å². The van der Waals surface area contributed by atoms with Gasteiger partial charge in [-0.05, 0) is 45.4 Å². The van der Waals surface area contributed by atoms with E-state index in [2.05, 4.69) is 17.1 Å². The summed E-state index contributed by atoms with van der Waals surface area (Å²) in [5.41, 5.74) is -0.327. The number of hydrogen-bond acceptors (Lipinski definition) is 4. The number of nitrogens with zero attached hydrogens (tertiary/aromatic N) is 2. The Morgan fingerprint density at radius 1 is 1.28 bits per heavy atom. The lowest BCUT2D eigenvalue weighted by atomic mass is 9.67. The highest BCUT2D eigenvalue weighted by Crippen LogP contribution is 2.47. The Bertz CT molecular complexity index is 896. The van der Waals surface area contributed by atoms with Gasteiger partial charge in [0.15, 0.2) is 5.41 Å². The molecule has 0 aromatic heterocycles. The summed E-state index contributed by atoms with van der Waals surface area (Å²) in [5, 5.41) is 3.04. The largest absolute Gasteiger partial charge is 0.355 e. The Labute approximate surface area is 176 Å². The van der Waals surface area contributed by atoms with Crippen molar-refractivity contribution in [3.63, 3.8) is 0 Å². The first kappa shape index (κ1) is 20.2. The van der Waals surface area contributed by atoms with Crippen molar-refractivity contribution in [2.24, 2.45) is 5.41 Å². The normalized spacial score (nSPS) is 29.6. The number of piperazine rings is 1. The minimum atomic E-state index is -1.37. The molecule has 8 heteroatoms. The summed E-state index contributed by atoms with van der Waals surface area (Å²) >= 11 is 6.53. The predicted octanol–water partition coefficient (Wildman–Crippen LogP) is 0.853. The van der Waals surface area contributed by atoms with Gasteiger partial charge in [-0.2, -0.15) is 0 Å². The van der Waals surface area contributed by atoms with Crippen molar-refractivity contribution in [3.8, 4) is 0 Å². The second-order valence-corrected chi connectivity index (χ2v) is 9.63. The van der Waals surface area contributed by atoms with Gasteiger partial charge in [-0.15, -0.1) is 0 Å². The summed E-state index contributed by atoms with van der Waals surface area (Å²) in [6.45, 7) is 10.8. The van der Waals surface area contributed by atoms with Crippen LogP contribution in [0.25, 0.3) is 0 Å². The maximum absolute atomic E-state index is 13.9. The summed E-state index contributed by atoms with van der Waals surface area (Å²) in [7, 11) is 0. The summed E-state index contributed by atoms with van der Waals surface area (Å²) in [6.07, 6.45) is 0.199. The van der Waals surface area contributed by atoms with E-state index in [1.165, 1.54) is 9.80 Å². The molecule has 2 saturated heterocycles. The summed E-state index contributed by atoms with van der Waals surface area (Å²) < 4.78 is 0. The Morgan fingerprint density at radius 2 is 2.00 bits per heavy atom. The topological polar surface area (TPSA) is 74.2 Å². The molecule has 156 valence electrons. The van der Waals surface area contributed by atoms with Crippen molar-refractivity contribution in [2.75, 3.05) is 31.1 Å². The SMILES string of the molecule is CC[NH+]1CCN2c3cccc(Cl)c3C[C@]3(C(=O)NC(=O)N(C(C)(C)C)C3=O)[C@@H]2C1. The molecule has 0 aliphatic carbocycles. The first-order valence-electron chi connectivity index (χ1n) is 10.2. The molecule has 0 saturated carbocycles. The fourth-order valence-electron chi connectivity index (χ4n) is 5.07. The number of barbiturate groups is 1. The smallest absolute Gasteiger partial charge is 0.331 e. The van der Waals surface area contributed by atoms with Gasteiger partial charge in [0.2, 0.25) is 11.8 Å². The van der Waals surface area contributed by atoms with Gasteiger partial charge in [-0.25, -0.2) is 4.79 Å². The molecule has 0 bridgehead atoms. The lowest BCUT2D eigenvalue weighted by Crippen LogP contribution is -3.16. The molecule has 1 unspecified atom stereocenters. The first-order chi connectivity index (χ1) is 13.6. The molecule has 4 rings (SSSR count). The van der Waals surface area contributed by atoms with Gasteiger partial charge >= 0.3 is 6.03 Å².